The highest BCUT2D eigenvalue weighted by molar-refractivity contribution is 5.68. The van der Waals surface area contributed by atoms with E-state index in [1.807, 2.05) is 20.8 Å². The number of aliphatic hydroxyl groups is 1. The maximum atomic E-state index is 12.1. The van der Waals surface area contributed by atoms with Crippen molar-refractivity contribution in [1.82, 2.24) is 4.90 Å². The fraction of sp³-hybridized carbons (Fsp3) is 0.933. The number of rotatable bonds is 3. The predicted octanol–water partition coefficient (Wildman–Crippen LogP) is 3.04. The van der Waals surface area contributed by atoms with E-state index in [9.17, 15) is 9.90 Å². The highest BCUT2D eigenvalue weighted by atomic mass is 16.6. The Bertz CT molecular complexity index is 298. The molecule has 1 heterocycles. The number of carbonyl (C=O) groups is 1. The molecule has 1 fully saturated rings. The summed E-state index contributed by atoms with van der Waals surface area (Å²) < 4.78 is 5.41. The Hall–Kier alpha value is -0.770. The van der Waals surface area contributed by atoms with Gasteiger partial charge in [-0.3, -0.25) is 0 Å². The number of ether oxygens (including phenoxy) is 1. The van der Waals surface area contributed by atoms with Crippen LogP contribution < -0.4 is 0 Å². The van der Waals surface area contributed by atoms with Gasteiger partial charge in [-0.15, -0.1) is 0 Å². The van der Waals surface area contributed by atoms with Gasteiger partial charge in [-0.1, -0.05) is 26.7 Å². The van der Waals surface area contributed by atoms with Gasteiger partial charge in [0.15, 0.2) is 0 Å². The Morgan fingerprint density at radius 2 is 2.11 bits per heavy atom. The van der Waals surface area contributed by atoms with Crippen LogP contribution in [0.5, 0.6) is 0 Å². The van der Waals surface area contributed by atoms with Gasteiger partial charge in [0.2, 0.25) is 0 Å². The summed E-state index contributed by atoms with van der Waals surface area (Å²) >= 11 is 0. The van der Waals surface area contributed by atoms with E-state index in [0.717, 1.165) is 12.8 Å². The molecule has 0 aromatic carbocycles. The van der Waals surface area contributed by atoms with Gasteiger partial charge in [-0.05, 0) is 33.1 Å². The summed E-state index contributed by atoms with van der Waals surface area (Å²) in [6.45, 7) is 11.1. The normalized spacial score (nSPS) is 26.1. The van der Waals surface area contributed by atoms with Crippen molar-refractivity contribution in [3.8, 4) is 0 Å². The molecule has 1 amide bonds. The average Bonchev–Trinajstić information content (AvgIpc) is 2.27. The first kappa shape index (κ1) is 16.3. The van der Waals surface area contributed by atoms with Crippen molar-refractivity contribution in [2.24, 2.45) is 11.8 Å². The second-order valence-electron chi connectivity index (χ2n) is 6.71. The summed E-state index contributed by atoms with van der Waals surface area (Å²) in [7, 11) is 0. The molecule has 0 aromatic heterocycles. The zero-order valence-corrected chi connectivity index (χ0v) is 13.0. The lowest BCUT2D eigenvalue weighted by Crippen LogP contribution is -2.49. The molecule has 19 heavy (non-hydrogen) atoms. The highest BCUT2D eigenvalue weighted by Crippen LogP contribution is 2.28. The molecule has 1 N–H and O–H groups in total. The first-order chi connectivity index (χ1) is 8.74. The SMILES string of the molecule is CCCC(C)C1CN(C(=O)OC(C)(C)C)CCC1O. The number of hydrogen-bond acceptors (Lipinski definition) is 3. The van der Waals surface area contributed by atoms with Crippen molar-refractivity contribution in [1.29, 1.82) is 0 Å². The Labute approximate surface area is 117 Å². The summed E-state index contributed by atoms with van der Waals surface area (Å²) in [4.78, 5) is 13.8. The van der Waals surface area contributed by atoms with E-state index in [-0.39, 0.29) is 18.1 Å². The Morgan fingerprint density at radius 3 is 2.63 bits per heavy atom. The van der Waals surface area contributed by atoms with Crippen LogP contribution in [0.15, 0.2) is 0 Å². The van der Waals surface area contributed by atoms with Crippen LogP contribution in [0.25, 0.3) is 0 Å². The van der Waals surface area contributed by atoms with Gasteiger partial charge in [0.05, 0.1) is 6.10 Å². The fourth-order valence-corrected chi connectivity index (χ4v) is 2.69. The summed E-state index contributed by atoms with van der Waals surface area (Å²) in [5.74, 6) is 0.603. The lowest BCUT2D eigenvalue weighted by atomic mass is 9.82. The molecule has 1 aliphatic heterocycles. The maximum absolute atomic E-state index is 12.1. The lowest BCUT2D eigenvalue weighted by Gasteiger charge is -2.39. The predicted molar refractivity (Wildman–Crippen MR) is 76.0 cm³/mol. The van der Waals surface area contributed by atoms with Gasteiger partial charge in [0.1, 0.15) is 5.60 Å². The Morgan fingerprint density at radius 1 is 1.47 bits per heavy atom. The molecule has 1 aliphatic rings. The van der Waals surface area contributed by atoms with Crippen LogP contribution in [0.3, 0.4) is 0 Å². The third kappa shape index (κ3) is 5.01. The smallest absolute Gasteiger partial charge is 0.410 e. The van der Waals surface area contributed by atoms with Crippen molar-refractivity contribution in [3.05, 3.63) is 0 Å². The largest absolute Gasteiger partial charge is 0.444 e. The third-order valence-corrected chi connectivity index (χ3v) is 3.75. The van der Waals surface area contributed by atoms with Crippen LogP contribution in [0, 0.1) is 11.8 Å². The summed E-state index contributed by atoms with van der Waals surface area (Å²) in [5, 5.41) is 10.1. The second-order valence-corrected chi connectivity index (χ2v) is 6.71. The molecule has 1 rings (SSSR count). The van der Waals surface area contributed by atoms with Crippen molar-refractivity contribution < 1.29 is 14.6 Å². The number of aliphatic hydroxyl groups excluding tert-OH is 1. The number of carbonyl (C=O) groups excluding carboxylic acids is 1. The standard InChI is InChI=1S/C15H29NO3/c1-6-7-11(2)12-10-16(9-8-13(12)17)14(18)19-15(3,4)5/h11-13,17H,6-10H2,1-5H3. The molecule has 1 saturated heterocycles. The molecule has 0 aliphatic carbocycles. The van der Waals surface area contributed by atoms with Gasteiger partial charge in [-0.2, -0.15) is 0 Å². The minimum Gasteiger partial charge on any atom is -0.444 e. The van der Waals surface area contributed by atoms with Crippen LogP contribution >= 0.6 is 0 Å². The summed E-state index contributed by atoms with van der Waals surface area (Å²) in [5.41, 5.74) is -0.461. The number of likely N-dealkylation sites (tertiary alicyclic amines) is 1. The zero-order valence-electron chi connectivity index (χ0n) is 13.0. The maximum Gasteiger partial charge on any atom is 0.410 e. The molecule has 4 heteroatoms. The van der Waals surface area contributed by atoms with E-state index < -0.39 is 5.60 Å². The number of nitrogens with zero attached hydrogens (tertiary/aromatic N) is 1. The van der Waals surface area contributed by atoms with E-state index in [0.29, 0.717) is 25.4 Å². The lowest BCUT2D eigenvalue weighted by molar-refractivity contribution is -0.0210. The minimum atomic E-state index is -0.461. The molecule has 0 radical (unpaired) electrons. The first-order valence-electron chi connectivity index (χ1n) is 7.40. The van der Waals surface area contributed by atoms with Gasteiger partial charge in [0, 0.05) is 19.0 Å². The number of amides is 1. The van der Waals surface area contributed by atoms with Crippen LogP contribution in [-0.2, 0) is 4.74 Å². The van der Waals surface area contributed by atoms with Gasteiger partial charge in [-0.25, -0.2) is 4.79 Å². The summed E-state index contributed by atoms with van der Waals surface area (Å²) in [6, 6.07) is 0. The van der Waals surface area contributed by atoms with E-state index in [1.54, 1.807) is 4.90 Å². The molecular weight excluding hydrogens is 242 g/mol. The van der Waals surface area contributed by atoms with Gasteiger partial charge < -0.3 is 14.7 Å². The molecule has 0 spiro atoms. The van der Waals surface area contributed by atoms with Crippen LogP contribution in [-0.4, -0.2) is 40.9 Å². The topological polar surface area (TPSA) is 49.8 Å². The molecule has 4 nitrogen and oxygen atoms in total. The van der Waals surface area contributed by atoms with E-state index in [4.69, 9.17) is 4.74 Å². The van der Waals surface area contributed by atoms with Crippen molar-refractivity contribution in [2.45, 2.75) is 65.6 Å². The van der Waals surface area contributed by atoms with Crippen molar-refractivity contribution in [2.75, 3.05) is 13.1 Å². The molecular formula is C15H29NO3. The first-order valence-corrected chi connectivity index (χ1v) is 7.40. The minimum absolute atomic E-state index is 0.168. The molecule has 112 valence electrons. The van der Waals surface area contributed by atoms with Gasteiger partial charge in [0.25, 0.3) is 0 Å². The van der Waals surface area contributed by atoms with Gasteiger partial charge >= 0.3 is 6.09 Å². The highest BCUT2D eigenvalue weighted by Gasteiger charge is 2.34. The second kappa shape index (κ2) is 6.60. The number of piperidine rings is 1. The molecule has 0 aromatic rings. The third-order valence-electron chi connectivity index (χ3n) is 3.75. The van der Waals surface area contributed by atoms with E-state index >= 15 is 0 Å². The number of hydrogen-bond donors (Lipinski definition) is 1. The Balaban J connectivity index is 2.61. The van der Waals surface area contributed by atoms with Crippen molar-refractivity contribution >= 4 is 6.09 Å². The molecule has 0 bridgehead atoms. The fourth-order valence-electron chi connectivity index (χ4n) is 2.69. The van der Waals surface area contributed by atoms with Crippen LogP contribution in [0.4, 0.5) is 4.79 Å². The molecule has 3 atom stereocenters. The molecule has 3 unspecified atom stereocenters. The monoisotopic (exact) mass is 271 g/mol. The van der Waals surface area contributed by atoms with E-state index in [2.05, 4.69) is 13.8 Å². The van der Waals surface area contributed by atoms with Crippen molar-refractivity contribution in [3.63, 3.8) is 0 Å². The summed E-state index contributed by atoms with van der Waals surface area (Å²) in [6.07, 6.45) is 2.30. The quantitative estimate of drug-likeness (QED) is 0.858. The van der Waals surface area contributed by atoms with E-state index in [1.165, 1.54) is 0 Å². The molecule has 0 saturated carbocycles. The zero-order chi connectivity index (χ0) is 14.6. The Kier molecular flexibility index (Phi) is 5.65. The average molecular weight is 271 g/mol. The van der Waals surface area contributed by atoms with Crippen LogP contribution in [0.1, 0.15) is 53.9 Å². The van der Waals surface area contributed by atoms with Crippen LogP contribution in [0.2, 0.25) is 0 Å².